The zero-order chi connectivity index (χ0) is 7.84. The number of hydrogen-bond acceptors (Lipinski definition) is 2. The monoisotopic (exact) mass is 155 g/mol. The minimum absolute atomic E-state index is 0.0615. The molecule has 2 rings (SSSR count). The van der Waals surface area contributed by atoms with Crippen LogP contribution in [0, 0.1) is 11.6 Å². The van der Waals surface area contributed by atoms with Gasteiger partial charge in [0.05, 0.1) is 0 Å². The predicted molar refractivity (Wildman–Crippen MR) is 33.8 cm³/mol. The Morgan fingerprint density at radius 1 is 1.18 bits per heavy atom. The van der Waals surface area contributed by atoms with Crippen molar-refractivity contribution in [1.29, 1.82) is 0 Å². The summed E-state index contributed by atoms with van der Waals surface area (Å²) in [6.07, 6.45) is 0. The minimum atomic E-state index is -0.700. The van der Waals surface area contributed by atoms with Gasteiger partial charge < -0.3 is 0 Å². The van der Waals surface area contributed by atoms with Crippen LogP contribution in [0.3, 0.4) is 0 Å². The summed E-state index contributed by atoms with van der Waals surface area (Å²) in [7, 11) is 0. The van der Waals surface area contributed by atoms with Gasteiger partial charge in [0.2, 0.25) is 0 Å². The van der Waals surface area contributed by atoms with Crippen molar-refractivity contribution in [2.24, 2.45) is 0 Å². The third-order valence-corrected chi connectivity index (χ3v) is 1.34. The van der Waals surface area contributed by atoms with Gasteiger partial charge in [0.15, 0.2) is 5.82 Å². The molecular weight excluding hydrogens is 152 g/mol. The van der Waals surface area contributed by atoms with Crippen LogP contribution in [0.4, 0.5) is 8.78 Å². The highest BCUT2D eigenvalue weighted by atomic mass is 19.1. The van der Waals surface area contributed by atoms with E-state index in [9.17, 15) is 8.78 Å². The van der Waals surface area contributed by atoms with Crippen LogP contribution >= 0.6 is 0 Å². The lowest BCUT2D eigenvalue weighted by molar-refractivity contribution is 0.590. The van der Waals surface area contributed by atoms with Crippen LogP contribution < -0.4 is 0 Å². The van der Waals surface area contributed by atoms with Crippen LogP contribution in [0.25, 0.3) is 11.0 Å². The lowest BCUT2D eigenvalue weighted by Crippen LogP contribution is -1.81. The summed E-state index contributed by atoms with van der Waals surface area (Å²) in [6, 6.07) is 1.88. The summed E-state index contributed by atoms with van der Waals surface area (Å²) < 4.78 is 25.2. The minimum Gasteiger partial charge on any atom is -0.207 e. The Hall–Kier alpha value is -1.52. The number of aromatic nitrogens is 3. The van der Waals surface area contributed by atoms with Crippen LogP contribution in [-0.4, -0.2) is 15.4 Å². The number of halogens is 2. The van der Waals surface area contributed by atoms with Crippen molar-refractivity contribution in [3.63, 3.8) is 0 Å². The molecule has 3 nitrogen and oxygen atoms in total. The maximum atomic E-state index is 12.7. The van der Waals surface area contributed by atoms with E-state index in [4.69, 9.17) is 0 Å². The molecule has 0 fully saturated rings. The summed E-state index contributed by atoms with van der Waals surface area (Å²) in [5.41, 5.74) is 0.258. The molecular formula is C6H3F2N3. The van der Waals surface area contributed by atoms with Gasteiger partial charge in [-0.25, -0.2) is 8.78 Å². The van der Waals surface area contributed by atoms with Crippen molar-refractivity contribution < 1.29 is 8.78 Å². The smallest absolute Gasteiger partial charge is 0.155 e. The van der Waals surface area contributed by atoms with Crippen LogP contribution in [0.2, 0.25) is 0 Å². The van der Waals surface area contributed by atoms with Gasteiger partial charge in [-0.2, -0.15) is 15.4 Å². The lowest BCUT2D eigenvalue weighted by Gasteiger charge is -1.88. The molecule has 56 valence electrons. The Labute approximate surface area is 60.0 Å². The van der Waals surface area contributed by atoms with E-state index in [1.54, 1.807) is 0 Å². The molecule has 1 heterocycles. The van der Waals surface area contributed by atoms with Gasteiger partial charge in [0.25, 0.3) is 0 Å². The maximum Gasteiger partial charge on any atom is 0.155 e. The fraction of sp³-hybridized carbons (Fsp3) is 0. The van der Waals surface area contributed by atoms with Crippen LogP contribution in [0.15, 0.2) is 12.1 Å². The highest BCUT2D eigenvalue weighted by Crippen LogP contribution is 2.13. The zero-order valence-corrected chi connectivity index (χ0v) is 5.31. The van der Waals surface area contributed by atoms with Gasteiger partial charge in [0.1, 0.15) is 16.9 Å². The zero-order valence-electron chi connectivity index (χ0n) is 5.31. The normalized spacial score (nSPS) is 10.7. The molecule has 0 bridgehead atoms. The lowest BCUT2D eigenvalue weighted by atomic mass is 10.3. The van der Waals surface area contributed by atoms with Gasteiger partial charge in [-0.05, 0) is 0 Å². The fourth-order valence-corrected chi connectivity index (χ4v) is 0.877. The average molecular weight is 155 g/mol. The van der Waals surface area contributed by atoms with E-state index < -0.39 is 11.6 Å². The van der Waals surface area contributed by atoms with Crippen molar-refractivity contribution in [3.05, 3.63) is 23.8 Å². The fourth-order valence-electron chi connectivity index (χ4n) is 0.877. The van der Waals surface area contributed by atoms with Gasteiger partial charge in [-0.1, -0.05) is 0 Å². The van der Waals surface area contributed by atoms with E-state index in [1.807, 2.05) is 0 Å². The summed E-state index contributed by atoms with van der Waals surface area (Å²) in [5.74, 6) is -1.35. The second kappa shape index (κ2) is 1.98. The third kappa shape index (κ3) is 0.849. The van der Waals surface area contributed by atoms with Crippen LogP contribution in [0.5, 0.6) is 0 Å². The molecule has 0 amide bonds. The molecule has 1 N–H and O–H groups in total. The number of benzene rings is 1. The molecule has 1 aromatic carbocycles. The quantitative estimate of drug-likeness (QED) is 0.621. The molecule has 0 aliphatic carbocycles. The molecule has 0 radical (unpaired) electrons. The Morgan fingerprint density at radius 3 is 2.82 bits per heavy atom. The largest absolute Gasteiger partial charge is 0.207 e. The van der Waals surface area contributed by atoms with Crippen LogP contribution in [0.1, 0.15) is 0 Å². The molecule has 5 heteroatoms. The first-order valence-electron chi connectivity index (χ1n) is 2.93. The standard InChI is InChI=1S/C6H3F2N3/c7-3-1-4(8)6-5(2-3)9-11-10-6/h1-2H,(H,9,10,11). The summed E-state index contributed by atoms with van der Waals surface area (Å²) >= 11 is 0. The topological polar surface area (TPSA) is 41.6 Å². The van der Waals surface area contributed by atoms with Crippen molar-refractivity contribution in [1.82, 2.24) is 15.4 Å². The van der Waals surface area contributed by atoms with Gasteiger partial charge in [-0.3, -0.25) is 0 Å². The first-order valence-corrected chi connectivity index (χ1v) is 2.93. The number of fused-ring (bicyclic) bond motifs is 1. The molecule has 0 spiro atoms. The molecule has 0 saturated heterocycles. The first kappa shape index (κ1) is 6.21. The average Bonchev–Trinajstić information content (AvgIpc) is 2.34. The van der Waals surface area contributed by atoms with E-state index in [0.717, 1.165) is 12.1 Å². The molecule has 0 aliphatic heterocycles. The Balaban J connectivity index is 2.91. The SMILES string of the molecule is Fc1cc(F)c2n[nH]nc2c1. The van der Waals surface area contributed by atoms with E-state index in [-0.39, 0.29) is 11.0 Å². The first-order chi connectivity index (χ1) is 5.27. The molecule has 0 atom stereocenters. The van der Waals surface area contributed by atoms with Crippen molar-refractivity contribution in [3.8, 4) is 0 Å². The summed E-state index contributed by atoms with van der Waals surface area (Å²) in [5, 5.41) is 9.20. The third-order valence-electron chi connectivity index (χ3n) is 1.34. The van der Waals surface area contributed by atoms with Gasteiger partial charge in [-0.15, -0.1) is 0 Å². The number of H-pyrrole nitrogens is 1. The number of aromatic amines is 1. The molecule has 1 aromatic heterocycles. The van der Waals surface area contributed by atoms with E-state index >= 15 is 0 Å². The van der Waals surface area contributed by atoms with Crippen molar-refractivity contribution in [2.75, 3.05) is 0 Å². The number of rotatable bonds is 0. The van der Waals surface area contributed by atoms with E-state index in [0.29, 0.717) is 0 Å². The molecule has 2 aromatic rings. The van der Waals surface area contributed by atoms with Crippen molar-refractivity contribution >= 4 is 11.0 Å². The molecule has 0 saturated carbocycles. The van der Waals surface area contributed by atoms with Crippen LogP contribution in [-0.2, 0) is 0 Å². The van der Waals surface area contributed by atoms with Gasteiger partial charge >= 0.3 is 0 Å². The summed E-state index contributed by atoms with van der Waals surface area (Å²) in [4.78, 5) is 0. The highest BCUT2D eigenvalue weighted by Gasteiger charge is 2.06. The Morgan fingerprint density at radius 2 is 2.00 bits per heavy atom. The molecule has 11 heavy (non-hydrogen) atoms. The predicted octanol–water partition coefficient (Wildman–Crippen LogP) is 1.24. The maximum absolute atomic E-state index is 12.7. The number of hydrogen-bond donors (Lipinski definition) is 1. The highest BCUT2D eigenvalue weighted by molar-refractivity contribution is 5.73. The van der Waals surface area contributed by atoms with Crippen molar-refractivity contribution in [2.45, 2.75) is 0 Å². The molecule has 0 aliphatic rings. The second-order valence-corrected chi connectivity index (χ2v) is 2.08. The summed E-state index contributed by atoms with van der Waals surface area (Å²) in [6.45, 7) is 0. The van der Waals surface area contributed by atoms with E-state index in [1.165, 1.54) is 0 Å². The Kier molecular flexibility index (Phi) is 1.12. The Bertz CT molecular complexity index is 396. The second-order valence-electron chi connectivity index (χ2n) is 2.08. The molecule has 0 unspecified atom stereocenters. The van der Waals surface area contributed by atoms with E-state index in [2.05, 4.69) is 15.4 Å². The number of nitrogens with zero attached hydrogens (tertiary/aromatic N) is 2. The van der Waals surface area contributed by atoms with Gasteiger partial charge in [0, 0.05) is 12.1 Å². The number of nitrogens with one attached hydrogen (secondary N) is 1.